The van der Waals surface area contributed by atoms with E-state index in [9.17, 15) is 10.1 Å². The van der Waals surface area contributed by atoms with Crippen LogP contribution in [0.3, 0.4) is 0 Å². The van der Waals surface area contributed by atoms with Crippen molar-refractivity contribution in [2.24, 2.45) is 0 Å². The van der Waals surface area contributed by atoms with Gasteiger partial charge in [-0.2, -0.15) is 5.26 Å². The summed E-state index contributed by atoms with van der Waals surface area (Å²) in [7, 11) is 0. The largest absolute Gasteiger partial charge is 0.343 e. The van der Waals surface area contributed by atoms with Gasteiger partial charge in [0.15, 0.2) is 0 Å². The van der Waals surface area contributed by atoms with Crippen molar-refractivity contribution in [1.82, 2.24) is 4.90 Å². The fourth-order valence-corrected chi connectivity index (χ4v) is 2.55. The van der Waals surface area contributed by atoms with Gasteiger partial charge in [-0.25, -0.2) is 0 Å². The van der Waals surface area contributed by atoms with E-state index in [1.165, 1.54) is 12.8 Å². The van der Waals surface area contributed by atoms with Gasteiger partial charge in [-0.3, -0.25) is 4.79 Å². The number of likely N-dealkylation sites (tertiary alicyclic amines) is 1. The third-order valence-corrected chi connectivity index (χ3v) is 3.70. The highest BCUT2D eigenvalue weighted by atomic mass is 16.2. The van der Waals surface area contributed by atoms with E-state index in [-0.39, 0.29) is 11.8 Å². The van der Waals surface area contributed by atoms with E-state index in [1.807, 2.05) is 35.2 Å². The molecule has 0 saturated carbocycles. The highest BCUT2D eigenvalue weighted by molar-refractivity contribution is 5.77. The van der Waals surface area contributed by atoms with Crippen LogP contribution in [0.15, 0.2) is 30.3 Å². The molecule has 1 aliphatic heterocycles. The predicted octanol–water partition coefficient (Wildman–Crippen LogP) is 3.09. The summed E-state index contributed by atoms with van der Waals surface area (Å²) in [6.45, 7) is 1.71. The van der Waals surface area contributed by atoms with Gasteiger partial charge in [0.25, 0.3) is 0 Å². The molecule has 1 saturated heterocycles. The van der Waals surface area contributed by atoms with Crippen LogP contribution in [0.5, 0.6) is 0 Å². The van der Waals surface area contributed by atoms with Gasteiger partial charge in [0.2, 0.25) is 5.91 Å². The molecule has 1 amide bonds. The smallest absolute Gasteiger partial charge is 0.224 e. The van der Waals surface area contributed by atoms with Crippen LogP contribution in [0.2, 0.25) is 0 Å². The minimum absolute atomic E-state index is 0.123. The van der Waals surface area contributed by atoms with E-state index in [4.69, 9.17) is 0 Å². The predicted molar refractivity (Wildman–Crippen MR) is 74.5 cm³/mol. The van der Waals surface area contributed by atoms with E-state index in [1.54, 1.807) is 0 Å². The standard InChI is InChI=1S/C16H20N2O/c17-13-15(14-8-4-3-5-9-14)12-16(19)18-10-6-1-2-7-11-18/h3-5,8-9,15H,1-2,6-7,10-12H2. The van der Waals surface area contributed by atoms with Crippen molar-refractivity contribution in [2.75, 3.05) is 13.1 Å². The maximum absolute atomic E-state index is 12.3. The Morgan fingerprint density at radius 2 is 1.79 bits per heavy atom. The normalized spacial score (nSPS) is 17.3. The van der Waals surface area contributed by atoms with Crippen molar-refractivity contribution in [3.05, 3.63) is 35.9 Å². The lowest BCUT2D eigenvalue weighted by molar-refractivity contribution is -0.131. The third kappa shape index (κ3) is 3.82. The second-order valence-electron chi connectivity index (χ2n) is 5.09. The first-order valence-corrected chi connectivity index (χ1v) is 7.03. The van der Waals surface area contributed by atoms with Crippen molar-refractivity contribution < 1.29 is 4.79 Å². The number of carbonyl (C=O) groups excluding carboxylic acids is 1. The van der Waals surface area contributed by atoms with Crippen molar-refractivity contribution in [1.29, 1.82) is 5.26 Å². The molecule has 0 radical (unpaired) electrons. The Morgan fingerprint density at radius 3 is 2.37 bits per heavy atom. The van der Waals surface area contributed by atoms with Crippen LogP contribution in [0, 0.1) is 11.3 Å². The van der Waals surface area contributed by atoms with Crippen LogP contribution in [0.25, 0.3) is 0 Å². The van der Waals surface area contributed by atoms with Gasteiger partial charge in [0.1, 0.15) is 0 Å². The fraction of sp³-hybridized carbons (Fsp3) is 0.500. The SMILES string of the molecule is N#CC(CC(=O)N1CCCCCC1)c1ccccc1. The first-order chi connectivity index (χ1) is 9.31. The molecule has 19 heavy (non-hydrogen) atoms. The summed E-state index contributed by atoms with van der Waals surface area (Å²) in [5.74, 6) is -0.200. The second-order valence-corrected chi connectivity index (χ2v) is 5.09. The summed E-state index contributed by atoms with van der Waals surface area (Å²) in [4.78, 5) is 14.2. The molecule has 1 fully saturated rings. The van der Waals surface area contributed by atoms with Crippen LogP contribution in [0.4, 0.5) is 0 Å². The minimum atomic E-state index is -0.322. The molecule has 0 aromatic heterocycles. The Hall–Kier alpha value is -1.82. The number of hydrogen-bond donors (Lipinski definition) is 0. The molecule has 100 valence electrons. The van der Waals surface area contributed by atoms with Crippen LogP contribution in [0.1, 0.15) is 43.6 Å². The topological polar surface area (TPSA) is 44.1 Å². The highest BCUT2D eigenvalue weighted by Gasteiger charge is 2.20. The molecule has 3 nitrogen and oxygen atoms in total. The molecule has 0 bridgehead atoms. The molecule has 1 aliphatic rings. The summed E-state index contributed by atoms with van der Waals surface area (Å²) < 4.78 is 0. The van der Waals surface area contributed by atoms with Crippen molar-refractivity contribution in [3.8, 4) is 6.07 Å². The Labute approximate surface area is 114 Å². The highest BCUT2D eigenvalue weighted by Crippen LogP contribution is 2.20. The monoisotopic (exact) mass is 256 g/mol. The van der Waals surface area contributed by atoms with Crippen LogP contribution >= 0.6 is 0 Å². The number of rotatable bonds is 3. The van der Waals surface area contributed by atoms with Crippen molar-refractivity contribution in [3.63, 3.8) is 0 Å². The number of nitrogens with zero attached hydrogens (tertiary/aromatic N) is 2. The van der Waals surface area contributed by atoms with Crippen molar-refractivity contribution >= 4 is 5.91 Å². The molecule has 1 unspecified atom stereocenters. The number of amides is 1. The summed E-state index contributed by atoms with van der Waals surface area (Å²) in [5.41, 5.74) is 0.938. The number of nitriles is 1. The zero-order chi connectivity index (χ0) is 13.5. The average molecular weight is 256 g/mol. The van der Waals surface area contributed by atoms with Gasteiger partial charge < -0.3 is 4.90 Å². The van der Waals surface area contributed by atoms with Gasteiger partial charge in [0, 0.05) is 19.5 Å². The quantitative estimate of drug-likeness (QED) is 0.834. The minimum Gasteiger partial charge on any atom is -0.343 e. The maximum atomic E-state index is 12.3. The number of hydrogen-bond acceptors (Lipinski definition) is 2. The lowest BCUT2D eigenvalue weighted by Gasteiger charge is -2.21. The van der Waals surface area contributed by atoms with Gasteiger partial charge in [-0.05, 0) is 18.4 Å². The molecular weight excluding hydrogens is 236 g/mol. The summed E-state index contributed by atoms with van der Waals surface area (Å²) >= 11 is 0. The Balaban J connectivity index is 1.98. The molecule has 0 N–H and O–H groups in total. The molecule has 2 rings (SSSR count). The zero-order valence-electron chi connectivity index (χ0n) is 11.2. The van der Waals surface area contributed by atoms with Gasteiger partial charge in [0.05, 0.1) is 12.0 Å². The zero-order valence-corrected chi connectivity index (χ0v) is 11.2. The average Bonchev–Trinajstić information content (AvgIpc) is 2.74. The van der Waals surface area contributed by atoms with E-state index >= 15 is 0 Å². The fourth-order valence-electron chi connectivity index (χ4n) is 2.55. The summed E-state index contributed by atoms with van der Waals surface area (Å²) in [6.07, 6.45) is 4.91. The Kier molecular flexibility index (Phi) is 4.97. The summed E-state index contributed by atoms with van der Waals surface area (Å²) in [6, 6.07) is 11.8. The van der Waals surface area contributed by atoms with Crippen molar-refractivity contribution in [2.45, 2.75) is 38.0 Å². The molecular formula is C16H20N2O. The van der Waals surface area contributed by atoms with Gasteiger partial charge >= 0.3 is 0 Å². The lowest BCUT2D eigenvalue weighted by Crippen LogP contribution is -2.32. The molecule has 1 aromatic carbocycles. The molecule has 0 spiro atoms. The molecule has 1 aromatic rings. The van der Waals surface area contributed by atoms with Crippen LogP contribution in [-0.2, 0) is 4.79 Å². The lowest BCUT2D eigenvalue weighted by atomic mass is 9.96. The first-order valence-electron chi connectivity index (χ1n) is 7.03. The van der Waals surface area contributed by atoms with E-state index in [0.29, 0.717) is 6.42 Å². The first kappa shape index (κ1) is 13.6. The van der Waals surface area contributed by atoms with Crippen LogP contribution < -0.4 is 0 Å². The Bertz CT molecular complexity index is 442. The molecule has 1 heterocycles. The van der Waals surface area contributed by atoms with E-state index < -0.39 is 0 Å². The van der Waals surface area contributed by atoms with Gasteiger partial charge in [-0.15, -0.1) is 0 Å². The van der Waals surface area contributed by atoms with Crippen LogP contribution in [-0.4, -0.2) is 23.9 Å². The maximum Gasteiger partial charge on any atom is 0.224 e. The molecule has 0 aliphatic carbocycles. The van der Waals surface area contributed by atoms with E-state index in [0.717, 1.165) is 31.5 Å². The van der Waals surface area contributed by atoms with E-state index in [2.05, 4.69) is 6.07 Å². The van der Waals surface area contributed by atoms with Gasteiger partial charge in [-0.1, -0.05) is 43.2 Å². The summed E-state index contributed by atoms with van der Waals surface area (Å²) in [5, 5.41) is 9.26. The number of carbonyl (C=O) groups is 1. The molecule has 3 heteroatoms. The third-order valence-electron chi connectivity index (χ3n) is 3.70. The Morgan fingerprint density at radius 1 is 1.16 bits per heavy atom. The molecule has 1 atom stereocenters. The second kappa shape index (κ2) is 6.94. The number of benzene rings is 1.